The van der Waals surface area contributed by atoms with Crippen LogP contribution in [-0.2, 0) is 32.8 Å². The Kier molecular flexibility index (Phi) is 9.02. The zero-order valence-electron chi connectivity index (χ0n) is 28.1. The number of imidazole rings is 1. The van der Waals surface area contributed by atoms with Crippen molar-refractivity contribution in [2.75, 3.05) is 11.5 Å². The molecule has 0 bridgehead atoms. The van der Waals surface area contributed by atoms with Gasteiger partial charge in [0.15, 0.2) is 22.5 Å². The van der Waals surface area contributed by atoms with Crippen molar-refractivity contribution in [1.29, 1.82) is 5.41 Å². The Morgan fingerprint density at radius 3 is 2.25 bits per heavy atom. The quantitative estimate of drug-likeness (QED) is 0.0398. The number of aromatic nitrogens is 2. The van der Waals surface area contributed by atoms with Crippen LogP contribution in [0.25, 0.3) is 11.0 Å². The van der Waals surface area contributed by atoms with E-state index in [4.69, 9.17) is 10.1 Å². The van der Waals surface area contributed by atoms with Crippen molar-refractivity contribution in [3.63, 3.8) is 0 Å². The number of nitro groups is 1. The number of carbonyl (C=O) groups is 2. The van der Waals surface area contributed by atoms with Crippen LogP contribution in [-0.4, -0.2) is 33.8 Å². The molecule has 0 saturated heterocycles. The van der Waals surface area contributed by atoms with Crippen molar-refractivity contribution in [3.8, 4) is 0 Å². The summed E-state index contributed by atoms with van der Waals surface area (Å²) in [6, 6.07) is 35.0. The maximum Gasteiger partial charge on any atom is 0.345 e. The van der Waals surface area contributed by atoms with Crippen LogP contribution in [0.15, 0.2) is 139 Å². The molecule has 0 saturated carbocycles. The van der Waals surface area contributed by atoms with Gasteiger partial charge >= 0.3 is 5.97 Å². The molecule has 0 spiro atoms. The van der Waals surface area contributed by atoms with Crippen LogP contribution in [0.2, 0.25) is 0 Å². The number of hydrogen-bond donors (Lipinski definition) is 1. The molecule has 2 heterocycles. The number of nitrogens with zero attached hydrogens (tertiary/aromatic N) is 4. The smallest absolute Gasteiger partial charge is 0.345 e. The summed E-state index contributed by atoms with van der Waals surface area (Å²) in [5.41, 5.74) is 1.33. The highest BCUT2D eigenvalue weighted by atomic mass is 19.1. The Morgan fingerprint density at radius 2 is 1.60 bits per heavy atom. The fourth-order valence-electron chi connectivity index (χ4n) is 7.29. The molecule has 1 N–H and O–H groups in total. The molecule has 0 fully saturated rings. The maximum atomic E-state index is 15.6. The normalized spacial score (nSPS) is 15.6. The Labute approximate surface area is 298 Å². The van der Waals surface area contributed by atoms with Gasteiger partial charge in [-0.15, -0.1) is 0 Å². The Balaban J connectivity index is 1.59. The monoisotopic (exact) mass is 694 g/mol. The number of amides is 1. The molecular formula is C41H33FN5O5+. The van der Waals surface area contributed by atoms with Gasteiger partial charge in [-0.05, 0) is 71.9 Å². The highest BCUT2D eigenvalue weighted by Crippen LogP contribution is 2.55. The number of fused-ring (bicyclic) bond motifs is 2. The first-order valence-corrected chi connectivity index (χ1v) is 16.7. The molecular weight excluding hydrogens is 661 g/mol. The van der Waals surface area contributed by atoms with Crippen LogP contribution in [0.1, 0.15) is 35.2 Å². The second-order valence-electron chi connectivity index (χ2n) is 12.4. The van der Waals surface area contributed by atoms with Crippen LogP contribution >= 0.6 is 0 Å². The number of nitrogens with one attached hydrogen (secondary N) is 1. The van der Waals surface area contributed by atoms with Crippen LogP contribution in [0.3, 0.4) is 0 Å². The number of halogens is 1. The predicted octanol–water partition coefficient (Wildman–Crippen LogP) is 6.84. The van der Waals surface area contributed by atoms with E-state index in [0.29, 0.717) is 23.3 Å². The number of carbonyl (C=O) groups excluding carboxylic acids is 2. The summed E-state index contributed by atoms with van der Waals surface area (Å²) in [6.07, 6.45) is 1.82. The number of anilines is 1. The van der Waals surface area contributed by atoms with Gasteiger partial charge in [-0.25, -0.2) is 18.3 Å². The summed E-state index contributed by atoms with van der Waals surface area (Å²) in [4.78, 5) is 42.5. The van der Waals surface area contributed by atoms with Gasteiger partial charge in [-0.2, -0.15) is 0 Å². The van der Waals surface area contributed by atoms with Gasteiger partial charge in [0.2, 0.25) is 12.2 Å². The number of ether oxygens (including phenoxy) is 1. The van der Waals surface area contributed by atoms with Gasteiger partial charge < -0.3 is 9.64 Å². The van der Waals surface area contributed by atoms with Gasteiger partial charge in [0.05, 0.1) is 18.1 Å². The van der Waals surface area contributed by atoms with Gasteiger partial charge in [-0.3, -0.25) is 20.3 Å². The van der Waals surface area contributed by atoms with Crippen molar-refractivity contribution < 1.29 is 28.2 Å². The minimum Gasteiger partial charge on any atom is -0.462 e. The van der Waals surface area contributed by atoms with E-state index in [9.17, 15) is 14.9 Å². The third-order valence-electron chi connectivity index (χ3n) is 9.48. The molecule has 0 aliphatic carbocycles. The predicted molar refractivity (Wildman–Crippen MR) is 192 cm³/mol. The van der Waals surface area contributed by atoms with E-state index >= 15 is 9.18 Å². The van der Waals surface area contributed by atoms with E-state index < -0.39 is 39.6 Å². The highest BCUT2D eigenvalue weighted by Gasteiger charge is 2.64. The minimum atomic E-state index is -2.14. The summed E-state index contributed by atoms with van der Waals surface area (Å²) >= 11 is 0. The van der Waals surface area contributed by atoms with Gasteiger partial charge in [0.25, 0.3) is 5.69 Å². The topological polar surface area (TPSA) is 122 Å². The molecule has 52 heavy (non-hydrogen) atoms. The Morgan fingerprint density at radius 1 is 0.942 bits per heavy atom. The molecule has 10 nitrogen and oxygen atoms in total. The average Bonchev–Trinajstić information content (AvgIpc) is 3.62. The third-order valence-corrected chi connectivity index (χ3v) is 9.48. The number of non-ortho nitro benzene ring substituents is 1. The molecule has 5 aromatic carbocycles. The van der Waals surface area contributed by atoms with Crippen LogP contribution in [0.4, 0.5) is 15.8 Å². The first kappa shape index (κ1) is 33.8. The molecule has 6 aromatic rings. The Bertz CT molecular complexity index is 2370. The third kappa shape index (κ3) is 5.73. The lowest BCUT2D eigenvalue weighted by Crippen LogP contribution is -2.50. The van der Waals surface area contributed by atoms with E-state index in [2.05, 4.69) is 5.87 Å². The second-order valence-corrected chi connectivity index (χ2v) is 12.4. The lowest BCUT2D eigenvalue weighted by molar-refractivity contribution is -0.663. The molecule has 7 rings (SSSR count). The highest BCUT2D eigenvalue weighted by molar-refractivity contribution is 6.18. The van der Waals surface area contributed by atoms with Crippen molar-refractivity contribution in [2.24, 2.45) is 0 Å². The first-order chi connectivity index (χ1) is 25.3. The molecule has 1 aromatic heterocycles. The van der Waals surface area contributed by atoms with E-state index in [1.54, 1.807) is 6.92 Å². The number of esters is 1. The van der Waals surface area contributed by atoms with Gasteiger partial charge in [-0.1, -0.05) is 72.8 Å². The lowest BCUT2D eigenvalue weighted by Gasteiger charge is -2.35. The molecule has 1 amide bonds. The fourth-order valence-corrected chi connectivity index (χ4v) is 7.29. The van der Waals surface area contributed by atoms with Gasteiger partial charge in [0, 0.05) is 23.4 Å². The number of benzene rings is 5. The summed E-state index contributed by atoms with van der Waals surface area (Å²) in [7, 11) is 0. The van der Waals surface area contributed by atoms with Crippen molar-refractivity contribution in [2.45, 2.75) is 31.5 Å². The zero-order valence-corrected chi connectivity index (χ0v) is 28.1. The minimum absolute atomic E-state index is 0.0657. The fraction of sp³-hybridized carbons (Fsp3) is 0.146. The SMILES string of the molecule is CCOC(=O)C(=C=N)C1(C(c2ccc([N+](=O)[O-])cc2)n2c[n+](Cc3ccccc3)c3ccccc32)C(=O)N(Cc2ccccc2)c2ccc(F)cc21. The lowest BCUT2D eigenvalue weighted by atomic mass is 9.67. The summed E-state index contributed by atoms with van der Waals surface area (Å²) in [6.45, 7) is 2.06. The molecule has 11 heteroatoms. The number of para-hydroxylation sites is 2. The largest absolute Gasteiger partial charge is 0.462 e. The molecule has 2 atom stereocenters. The maximum absolute atomic E-state index is 15.6. The summed E-state index contributed by atoms with van der Waals surface area (Å²) in [5, 5.41) is 20.4. The number of hydrogen-bond acceptors (Lipinski definition) is 6. The molecule has 0 radical (unpaired) electrons. The molecule has 258 valence electrons. The number of rotatable bonds is 11. The molecule has 1 aliphatic heterocycles. The molecule has 2 unspecified atom stereocenters. The van der Waals surface area contributed by atoms with Crippen molar-refractivity contribution >= 4 is 40.2 Å². The Hall–Kier alpha value is -6.71. The van der Waals surface area contributed by atoms with E-state index in [-0.39, 0.29) is 24.4 Å². The van der Waals surface area contributed by atoms with Crippen molar-refractivity contribution in [3.05, 3.63) is 177 Å². The standard InChI is InChI=1S/C41H33FN5O5/c1-2-52-39(48)34(24-43)41(33-23-31(42)19-22-35(33)45(40(41)49)26-29-13-7-4-8-14-29)38(30-17-20-32(21-18-30)47(50)51)46-27-44(25-28-11-5-3-6-12-28)36-15-9-10-16-37(36)46/h3-23,27,38,43H,2,25-26H2,1H3/q+1. The molecule has 1 aliphatic rings. The van der Waals surface area contributed by atoms with E-state index in [1.165, 1.54) is 47.4 Å². The van der Waals surface area contributed by atoms with Crippen LogP contribution in [0.5, 0.6) is 0 Å². The van der Waals surface area contributed by atoms with E-state index in [0.717, 1.165) is 16.6 Å². The second kappa shape index (κ2) is 13.9. The van der Waals surface area contributed by atoms with Crippen molar-refractivity contribution in [1.82, 2.24) is 4.57 Å². The van der Waals surface area contributed by atoms with Crippen LogP contribution in [0, 0.1) is 21.3 Å². The average molecular weight is 695 g/mol. The zero-order chi connectivity index (χ0) is 36.4. The summed E-state index contributed by atoms with van der Waals surface area (Å²) < 4.78 is 24.9. The number of nitro benzene ring substituents is 1. The summed E-state index contributed by atoms with van der Waals surface area (Å²) in [5.74, 6) is 0.0358. The van der Waals surface area contributed by atoms with Gasteiger partial charge in [0.1, 0.15) is 17.9 Å². The van der Waals surface area contributed by atoms with Crippen LogP contribution < -0.4 is 9.47 Å². The van der Waals surface area contributed by atoms with E-state index in [1.807, 2.05) is 100 Å². The first-order valence-electron chi connectivity index (χ1n) is 16.7.